The number of hydrogen-bond donors (Lipinski definition) is 1. The van der Waals surface area contributed by atoms with Crippen LogP contribution in [0.1, 0.15) is 42.6 Å². The van der Waals surface area contributed by atoms with Gasteiger partial charge < -0.3 is 14.4 Å². The lowest BCUT2D eigenvalue weighted by Gasteiger charge is -2.09. The number of hydrogen-bond acceptors (Lipinski definition) is 6. The molecular formula is C14H13FN2O5. The van der Waals surface area contributed by atoms with E-state index >= 15 is 0 Å². The van der Waals surface area contributed by atoms with E-state index in [0.717, 1.165) is 12.1 Å². The van der Waals surface area contributed by atoms with Gasteiger partial charge in [-0.3, -0.25) is 4.79 Å². The smallest absolute Gasteiger partial charge is 0.338 e. The number of carbonyl (C=O) groups excluding carboxylic acids is 1. The molecule has 1 aromatic carbocycles. The standard InChI is InChI=1S/C14H13FN2O5/c1-3-11(21-7(2)18)13-16-12(17-22-13)8-4-5-9(14(19)20)10(15)6-8/h4-6,11H,3H2,1-2H3,(H,19,20)/t11-/m0/s1. The highest BCUT2D eigenvalue weighted by molar-refractivity contribution is 5.88. The van der Waals surface area contributed by atoms with Crippen LogP contribution in [0.25, 0.3) is 11.4 Å². The second-order valence-corrected chi connectivity index (χ2v) is 4.46. The predicted octanol–water partition coefficient (Wildman–Crippen LogP) is 2.59. The Morgan fingerprint density at radius 2 is 2.18 bits per heavy atom. The Labute approximate surface area is 124 Å². The van der Waals surface area contributed by atoms with E-state index in [2.05, 4.69) is 10.1 Å². The summed E-state index contributed by atoms with van der Waals surface area (Å²) in [6.07, 6.45) is -0.241. The minimum absolute atomic E-state index is 0.0800. The Bertz CT molecular complexity index is 713. The van der Waals surface area contributed by atoms with Crippen molar-refractivity contribution in [3.05, 3.63) is 35.5 Å². The molecule has 0 unspecified atom stereocenters. The zero-order valence-electron chi connectivity index (χ0n) is 11.9. The van der Waals surface area contributed by atoms with Crippen LogP contribution in [0.15, 0.2) is 22.7 Å². The zero-order chi connectivity index (χ0) is 16.3. The van der Waals surface area contributed by atoms with E-state index in [-0.39, 0.29) is 17.3 Å². The van der Waals surface area contributed by atoms with Crippen LogP contribution in [0, 0.1) is 5.82 Å². The van der Waals surface area contributed by atoms with Crippen LogP contribution < -0.4 is 0 Å². The summed E-state index contributed by atoms with van der Waals surface area (Å²) in [4.78, 5) is 25.8. The molecule has 0 amide bonds. The molecular weight excluding hydrogens is 295 g/mol. The van der Waals surface area contributed by atoms with Crippen molar-refractivity contribution in [3.63, 3.8) is 0 Å². The number of carbonyl (C=O) groups is 2. The van der Waals surface area contributed by atoms with Gasteiger partial charge in [-0.15, -0.1) is 0 Å². The normalized spacial score (nSPS) is 12.0. The maximum absolute atomic E-state index is 13.7. The molecule has 0 aliphatic carbocycles. The summed E-state index contributed by atoms with van der Waals surface area (Å²) < 4.78 is 23.7. The number of aromatic nitrogens is 2. The van der Waals surface area contributed by atoms with Gasteiger partial charge in [0.25, 0.3) is 5.89 Å². The largest absolute Gasteiger partial charge is 0.478 e. The summed E-state index contributed by atoms with van der Waals surface area (Å²) >= 11 is 0. The molecule has 2 aromatic rings. The summed E-state index contributed by atoms with van der Waals surface area (Å²) in [5.41, 5.74) is -0.186. The first-order chi connectivity index (χ1) is 10.4. The predicted molar refractivity (Wildman–Crippen MR) is 71.4 cm³/mol. The first kappa shape index (κ1) is 15.6. The second kappa shape index (κ2) is 6.33. The van der Waals surface area contributed by atoms with Gasteiger partial charge in [0, 0.05) is 12.5 Å². The fourth-order valence-corrected chi connectivity index (χ4v) is 1.82. The van der Waals surface area contributed by atoms with Crippen LogP contribution in [0.5, 0.6) is 0 Å². The van der Waals surface area contributed by atoms with Gasteiger partial charge in [-0.25, -0.2) is 9.18 Å². The lowest BCUT2D eigenvalue weighted by atomic mass is 10.1. The zero-order valence-corrected chi connectivity index (χ0v) is 11.9. The van der Waals surface area contributed by atoms with Gasteiger partial charge >= 0.3 is 11.9 Å². The van der Waals surface area contributed by atoms with Crippen LogP contribution >= 0.6 is 0 Å². The lowest BCUT2D eigenvalue weighted by Crippen LogP contribution is -2.07. The molecule has 0 aliphatic rings. The van der Waals surface area contributed by atoms with Gasteiger partial charge in [0.15, 0.2) is 6.10 Å². The number of carboxylic acids is 1. The first-order valence-corrected chi connectivity index (χ1v) is 6.46. The Balaban J connectivity index is 2.29. The quantitative estimate of drug-likeness (QED) is 0.847. The molecule has 0 radical (unpaired) electrons. The Morgan fingerprint density at radius 3 is 2.73 bits per heavy atom. The highest BCUT2D eigenvalue weighted by atomic mass is 19.1. The summed E-state index contributed by atoms with van der Waals surface area (Å²) in [7, 11) is 0. The fourth-order valence-electron chi connectivity index (χ4n) is 1.82. The highest BCUT2D eigenvalue weighted by Gasteiger charge is 2.21. The molecule has 0 spiro atoms. The van der Waals surface area contributed by atoms with Crippen LogP contribution in [0.3, 0.4) is 0 Å². The monoisotopic (exact) mass is 308 g/mol. The number of esters is 1. The second-order valence-electron chi connectivity index (χ2n) is 4.46. The molecule has 8 heteroatoms. The topological polar surface area (TPSA) is 103 Å². The number of nitrogens with zero attached hydrogens (tertiary/aromatic N) is 2. The van der Waals surface area contributed by atoms with Gasteiger partial charge in [-0.1, -0.05) is 12.1 Å². The van der Waals surface area contributed by atoms with Crippen LogP contribution in [-0.2, 0) is 9.53 Å². The molecule has 0 saturated carbocycles. The van der Waals surface area contributed by atoms with E-state index in [1.807, 2.05) is 0 Å². The van der Waals surface area contributed by atoms with E-state index in [0.29, 0.717) is 6.42 Å². The molecule has 0 fully saturated rings. The van der Waals surface area contributed by atoms with E-state index < -0.39 is 29.4 Å². The molecule has 7 nitrogen and oxygen atoms in total. The molecule has 1 heterocycles. The average molecular weight is 308 g/mol. The minimum Gasteiger partial charge on any atom is -0.478 e. The van der Waals surface area contributed by atoms with Crippen molar-refractivity contribution in [1.82, 2.24) is 10.1 Å². The van der Waals surface area contributed by atoms with Crippen LogP contribution in [0.4, 0.5) is 4.39 Å². The third-order valence-corrected chi connectivity index (χ3v) is 2.85. The van der Waals surface area contributed by atoms with Gasteiger partial charge in [0.1, 0.15) is 5.82 Å². The third-order valence-electron chi connectivity index (χ3n) is 2.85. The Morgan fingerprint density at radius 1 is 1.45 bits per heavy atom. The molecule has 2 rings (SSSR count). The van der Waals surface area contributed by atoms with Gasteiger partial charge in [-0.05, 0) is 24.6 Å². The molecule has 0 saturated heterocycles. The number of benzene rings is 1. The molecule has 22 heavy (non-hydrogen) atoms. The number of aromatic carboxylic acids is 1. The fraction of sp³-hybridized carbons (Fsp3) is 0.286. The Hall–Kier alpha value is -2.77. The number of rotatable bonds is 5. The molecule has 116 valence electrons. The van der Waals surface area contributed by atoms with Crippen LogP contribution in [-0.4, -0.2) is 27.2 Å². The van der Waals surface area contributed by atoms with Crippen molar-refractivity contribution in [2.75, 3.05) is 0 Å². The summed E-state index contributed by atoms with van der Waals surface area (Å²) in [5, 5.41) is 12.5. The average Bonchev–Trinajstić information content (AvgIpc) is 2.93. The molecule has 0 bridgehead atoms. The van der Waals surface area contributed by atoms with E-state index in [4.69, 9.17) is 14.4 Å². The maximum atomic E-state index is 13.7. The van der Waals surface area contributed by atoms with Crippen molar-refractivity contribution in [3.8, 4) is 11.4 Å². The molecule has 0 aliphatic heterocycles. The van der Waals surface area contributed by atoms with Gasteiger partial charge in [0.05, 0.1) is 5.56 Å². The minimum atomic E-state index is -1.36. The van der Waals surface area contributed by atoms with Crippen molar-refractivity contribution in [2.45, 2.75) is 26.4 Å². The molecule has 1 N–H and O–H groups in total. The van der Waals surface area contributed by atoms with E-state index in [1.54, 1.807) is 6.92 Å². The number of ether oxygens (including phenoxy) is 1. The number of carboxylic acid groups (broad SMARTS) is 1. The first-order valence-electron chi connectivity index (χ1n) is 6.46. The van der Waals surface area contributed by atoms with Gasteiger partial charge in [0.2, 0.25) is 5.82 Å². The summed E-state index contributed by atoms with van der Waals surface area (Å²) in [5.74, 6) is -2.57. The van der Waals surface area contributed by atoms with Crippen molar-refractivity contribution in [1.29, 1.82) is 0 Å². The molecule has 1 aromatic heterocycles. The highest BCUT2D eigenvalue weighted by Crippen LogP contribution is 2.24. The number of halogens is 1. The third kappa shape index (κ3) is 3.27. The maximum Gasteiger partial charge on any atom is 0.338 e. The van der Waals surface area contributed by atoms with Crippen molar-refractivity contribution in [2.24, 2.45) is 0 Å². The SMILES string of the molecule is CC[C@H](OC(C)=O)c1nc(-c2ccc(C(=O)O)c(F)c2)no1. The van der Waals surface area contributed by atoms with Crippen LogP contribution in [0.2, 0.25) is 0 Å². The van der Waals surface area contributed by atoms with Gasteiger partial charge in [-0.2, -0.15) is 4.98 Å². The van der Waals surface area contributed by atoms with E-state index in [9.17, 15) is 14.0 Å². The lowest BCUT2D eigenvalue weighted by molar-refractivity contribution is -0.148. The van der Waals surface area contributed by atoms with E-state index in [1.165, 1.54) is 13.0 Å². The van der Waals surface area contributed by atoms with Crippen molar-refractivity contribution >= 4 is 11.9 Å². The van der Waals surface area contributed by atoms with Crippen molar-refractivity contribution < 1.29 is 28.3 Å². The molecule has 1 atom stereocenters. The summed E-state index contributed by atoms with van der Waals surface area (Å²) in [6, 6.07) is 3.49. The summed E-state index contributed by atoms with van der Waals surface area (Å²) in [6.45, 7) is 3.04. The Kier molecular flexibility index (Phi) is 4.50.